The monoisotopic (exact) mass is 438 g/mol. The molecule has 0 bridgehead atoms. The van der Waals surface area contributed by atoms with Crippen LogP contribution in [0.3, 0.4) is 0 Å². The average molecular weight is 438 g/mol. The number of hydrogen-bond acceptors (Lipinski definition) is 5. The molecule has 8 nitrogen and oxygen atoms in total. The molecular weight excluding hydrogens is 412 g/mol. The summed E-state index contributed by atoms with van der Waals surface area (Å²) in [6.45, 7) is 1.76. The van der Waals surface area contributed by atoms with Crippen LogP contribution in [0, 0.1) is 0 Å². The minimum absolute atomic E-state index is 0.0253. The maximum Gasteiger partial charge on any atom is 0.407 e. The van der Waals surface area contributed by atoms with E-state index in [2.05, 4.69) is 5.32 Å². The van der Waals surface area contributed by atoms with E-state index in [0.29, 0.717) is 0 Å². The Bertz CT molecular complexity index is 993. The number of fused-ring (bicyclic) bond motifs is 3. The van der Waals surface area contributed by atoms with Gasteiger partial charge in [0.05, 0.1) is 6.10 Å². The molecule has 1 fully saturated rings. The van der Waals surface area contributed by atoms with E-state index in [1.165, 1.54) is 0 Å². The number of aliphatic hydroxyl groups is 1. The van der Waals surface area contributed by atoms with E-state index in [1.54, 1.807) is 6.92 Å². The summed E-state index contributed by atoms with van der Waals surface area (Å²) in [5.74, 6) is -1.81. The van der Waals surface area contributed by atoms with Gasteiger partial charge in [-0.2, -0.15) is 0 Å². The molecule has 2 aromatic carbocycles. The first-order chi connectivity index (χ1) is 15.4. The van der Waals surface area contributed by atoms with Crippen molar-refractivity contribution in [2.75, 3.05) is 13.2 Å². The largest absolute Gasteiger partial charge is 0.480 e. The molecule has 0 spiro atoms. The molecule has 2 aliphatic rings. The molecular formula is C24H26N2O6. The molecule has 1 saturated heterocycles. The Balaban J connectivity index is 1.41. The highest BCUT2D eigenvalue weighted by atomic mass is 16.5. The van der Waals surface area contributed by atoms with Crippen molar-refractivity contribution in [2.24, 2.45) is 0 Å². The molecule has 1 aliphatic heterocycles. The molecule has 4 rings (SSSR count). The third-order valence-corrected chi connectivity index (χ3v) is 6.19. The fourth-order valence-electron chi connectivity index (χ4n) is 4.61. The second-order valence-electron chi connectivity index (χ2n) is 8.16. The van der Waals surface area contributed by atoms with Gasteiger partial charge in [0, 0.05) is 18.9 Å². The minimum Gasteiger partial charge on any atom is -0.480 e. The van der Waals surface area contributed by atoms with Crippen molar-refractivity contribution >= 4 is 18.0 Å². The van der Waals surface area contributed by atoms with Crippen LogP contribution in [0.2, 0.25) is 0 Å². The lowest BCUT2D eigenvalue weighted by Crippen LogP contribution is -2.51. The van der Waals surface area contributed by atoms with Crippen LogP contribution in [0.15, 0.2) is 48.5 Å². The molecule has 0 unspecified atom stereocenters. The number of nitrogens with zero attached hydrogens (tertiary/aromatic N) is 1. The number of alkyl carbamates (subject to hydrolysis) is 1. The Labute approximate surface area is 185 Å². The highest BCUT2D eigenvalue weighted by molar-refractivity contribution is 5.90. The van der Waals surface area contributed by atoms with E-state index in [9.17, 15) is 24.6 Å². The summed E-state index contributed by atoms with van der Waals surface area (Å²) in [4.78, 5) is 37.9. The van der Waals surface area contributed by atoms with Gasteiger partial charge in [-0.1, -0.05) is 55.5 Å². The van der Waals surface area contributed by atoms with Gasteiger partial charge in [-0.3, -0.25) is 4.79 Å². The zero-order valence-electron chi connectivity index (χ0n) is 17.7. The summed E-state index contributed by atoms with van der Waals surface area (Å²) in [5, 5.41) is 21.7. The number of nitrogens with one attached hydrogen (secondary N) is 1. The number of carbonyl (C=O) groups is 3. The Morgan fingerprint density at radius 2 is 1.69 bits per heavy atom. The fraction of sp³-hybridized carbons (Fsp3) is 0.375. The maximum absolute atomic E-state index is 12.8. The van der Waals surface area contributed by atoms with Gasteiger partial charge >= 0.3 is 12.1 Å². The number of carbonyl (C=O) groups excluding carboxylic acids is 2. The summed E-state index contributed by atoms with van der Waals surface area (Å²) >= 11 is 0. The normalized spacial score (nSPS) is 20.4. The lowest BCUT2D eigenvalue weighted by molar-refractivity contribution is -0.149. The molecule has 2 amide bonds. The second-order valence-corrected chi connectivity index (χ2v) is 8.16. The number of aliphatic hydroxyl groups excluding tert-OH is 1. The number of β-amino-alcohol motifs (C(OH)–C–C–N with tert-alkyl or cyclic N) is 1. The highest BCUT2D eigenvalue weighted by Gasteiger charge is 2.41. The minimum atomic E-state index is -1.18. The van der Waals surface area contributed by atoms with Crippen molar-refractivity contribution in [1.82, 2.24) is 10.2 Å². The van der Waals surface area contributed by atoms with E-state index in [0.717, 1.165) is 27.2 Å². The second kappa shape index (κ2) is 9.00. The number of ether oxygens (including phenoxy) is 1. The zero-order chi connectivity index (χ0) is 22.8. The summed E-state index contributed by atoms with van der Waals surface area (Å²) in [6, 6.07) is 13.9. The molecule has 32 heavy (non-hydrogen) atoms. The molecule has 168 valence electrons. The first kappa shape index (κ1) is 21.8. The van der Waals surface area contributed by atoms with Crippen LogP contribution in [0.1, 0.15) is 36.8 Å². The average Bonchev–Trinajstić information content (AvgIpc) is 3.34. The number of amides is 2. The van der Waals surface area contributed by atoms with Crippen LogP contribution in [0.5, 0.6) is 0 Å². The van der Waals surface area contributed by atoms with E-state index >= 15 is 0 Å². The van der Waals surface area contributed by atoms with Crippen LogP contribution in [-0.4, -0.2) is 64.4 Å². The molecule has 0 saturated carbocycles. The summed E-state index contributed by atoms with van der Waals surface area (Å²) in [6.07, 6.45) is -1.39. The number of carboxylic acids is 1. The van der Waals surface area contributed by atoms with E-state index in [1.807, 2.05) is 48.5 Å². The van der Waals surface area contributed by atoms with Crippen LogP contribution in [0.4, 0.5) is 4.79 Å². The lowest BCUT2D eigenvalue weighted by atomic mass is 9.98. The number of aliphatic carboxylic acids is 1. The molecule has 8 heteroatoms. The maximum atomic E-state index is 12.8. The zero-order valence-corrected chi connectivity index (χ0v) is 17.7. The Morgan fingerprint density at radius 1 is 1.09 bits per heavy atom. The molecule has 0 aromatic heterocycles. The molecule has 1 heterocycles. The van der Waals surface area contributed by atoms with Gasteiger partial charge in [0.2, 0.25) is 5.91 Å². The molecule has 0 radical (unpaired) electrons. The van der Waals surface area contributed by atoms with Gasteiger partial charge in [0.25, 0.3) is 0 Å². The van der Waals surface area contributed by atoms with Crippen molar-refractivity contribution in [3.8, 4) is 11.1 Å². The SMILES string of the molecule is CC[C@@H](NC(=O)OCC1c2ccccc2-c2ccccc21)C(=O)N1C[C@@H](O)C[C@H]1C(=O)O. The van der Waals surface area contributed by atoms with Crippen molar-refractivity contribution in [3.63, 3.8) is 0 Å². The van der Waals surface area contributed by atoms with Gasteiger partial charge in [0.1, 0.15) is 18.7 Å². The van der Waals surface area contributed by atoms with Crippen molar-refractivity contribution in [1.29, 1.82) is 0 Å². The quantitative estimate of drug-likeness (QED) is 0.638. The lowest BCUT2D eigenvalue weighted by Gasteiger charge is -2.26. The third-order valence-electron chi connectivity index (χ3n) is 6.19. The standard InChI is InChI=1S/C24H26N2O6/c1-2-20(22(28)26-12-14(27)11-21(26)23(29)30)25-24(31)32-13-19-17-9-5-3-7-15(17)16-8-4-6-10-18(16)19/h3-10,14,19-21,27H,2,11-13H2,1H3,(H,25,31)(H,29,30)/t14-,20+,21-/m0/s1. The Kier molecular flexibility index (Phi) is 6.14. The molecule has 1 aliphatic carbocycles. The molecule has 3 N–H and O–H groups in total. The topological polar surface area (TPSA) is 116 Å². The van der Waals surface area contributed by atoms with Crippen molar-refractivity contribution < 1.29 is 29.3 Å². The van der Waals surface area contributed by atoms with Crippen molar-refractivity contribution in [3.05, 3.63) is 59.7 Å². The van der Waals surface area contributed by atoms with Gasteiger partial charge in [-0.05, 0) is 28.7 Å². The fourth-order valence-corrected chi connectivity index (χ4v) is 4.61. The highest BCUT2D eigenvalue weighted by Crippen LogP contribution is 2.44. The molecule has 3 atom stereocenters. The number of hydrogen-bond donors (Lipinski definition) is 3. The first-order valence-electron chi connectivity index (χ1n) is 10.7. The smallest absolute Gasteiger partial charge is 0.407 e. The Morgan fingerprint density at radius 3 is 2.25 bits per heavy atom. The van der Waals surface area contributed by atoms with Crippen LogP contribution in [-0.2, 0) is 14.3 Å². The summed E-state index contributed by atoms with van der Waals surface area (Å²) in [5.41, 5.74) is 4.40. The summed E-state index contributed by atoms with van der Waals surface area (Å²) in [7, 11) is 0. The first-order valence-corrected chi connectivity index (χ1v) is 10.7. The van der Waals surface area contributed by atoms with E-state index in [4.69, 9.17) is 4.74 Å². The number of rotatable bonds is 6. The third kappa shape index (κ3) is 4.05. The van der Waals surface area contributed by atoms with Gasteiger partial charge in [-0.15, -0.1) is 0 Å². The predicted octanol–water partition coefficient (Wildman–Crippen LogP) is 2.35. The molecule has 2 aromatic rings. The van der Waals surface area contributed by atoms with E-state index < -0.39 is 36.2 Å². The summed E-state index contributed by atoms with van der Waals surface area (Å²) < 4.78 is 5.49. The van der Waals surface area contributed by atoms with E-state index in [-0.39, 0.29) is 31.9 Å². The Hall–Kier alpha value is -3.39. The number of carboxylic acid groups (broad SMARTS) is 1. The number of benzene rings is 2. The van der Waals surface area contributed by atoms with Gasteiger partial charge in [0.15, 0.2) is 0 Å². The number of likely N-dealkylation sites (tertiary alicyclic amines) is 1. The predicted molar refractivity (Wildman–Crippen MR) is 116 cm³/mol. The van der Waals surface area contributed by atoms with Crippen LogP contribution < -0.4 is 5.32 Å². The van der Waals surface area contributed by atoms with Crippen LogP contribution in [0.25, 0.3) is 11.1 Å². The van der Waals surface area contributed by atoms with Crippen molar-refractivity contribution in [2.45, 2.75) is 43.9 Å². The van der Waals surface area contributed by atoms with Gasteiger partial charge in [-0.25, -0.2) is 9.59 Å². The van der Waals surface area contributed by atoms with Gasteiger partial charge < -0.3 is 25.2 Å². The van der Waals surface area contributed by atoms with Crippen LogP contribution >= 0.6 is 0 Å².